The van der Waals surface area contributed by atoms with E-state index in [1.807, 2.05) is 29.0 Å². The summed E-state index contributed by atoms with van der Waals surface area (Å²) >= 11 is 0. The largest absolute Gasteiger partial charge is 0.370 e. The predicted molar refractivity (Wildman–Crippen MR) is 139 cm³/mol. The molecule has 182 valence electrons. The molecule has 0 unspecified atom stereocenters. The van der Waals surface area contributed by atoms with Gasteiger partial charge in [0.05, 0.1) is 16.9 Å². The lowest BCUT2D eigenvalue weighted by Gasteiger charge is -2.28. The van der Waals surface area contributed by atoms with E-state index < -0.39 is 16.6 Å². The first-order valence-corrected chi connectivity index (χ1v) is 13.8. The second-order valence-corrected chi connectivity index (χ2v) is 11.1. The number of nitrogens with zero attached hydrogens (tertiary/aromatic N) is 4. The van der Waals surface area contributed by atoms with Crippen molar-refractivity contribution in [2.45, 2.75) is 32.1 Å². The Morgan fingerprint density at radius 2 is 1.74 bits per heavy atom. The molecule has 1 saturated heterocycles. The number of hydrogen-bond donors (Lipinski definition) is 1. The molecule has 1 aliphatic heterocycles. The summed E-state index contributed by atoms with van der Waals surface area (Å²) in [6, 6.07) is 16.7. The summed E-state index contributed by atoms with van der Waals surface area (Å²) in [6.07, 6.45) is 6.37. The first-order chi connectivity index (χ1) is 17.1. The average Bonchev–Trinajstić information content (AvgIpc) is 3.33. The number of nitriles is 1. The number of hydrogen-bond acceptors (Lipinski definition) is 5. The fourth-order valence-electron chi connectivity index (χ4n) is 4.95. The van der Waals surface area contributed by atoms with Gasteiger partial charge in [-0.1, -0.05) is 25.3 Å². The van der Waals surface area contributed by atoms with E-state index >= 15 is 0 Å². The maximum Gasteiger partial charge on any atom is 0.141 e. The highest BCUT2D eigenvalue weighted by atomic mass is 32.2. The molecule has 35 heavy (non-hydrogen) atoms. The number of benzene rings is 2. The standard InChI is InChI=1S/C27H30FN5OS/c28-25-16-21(6-7-22(25)18-29)26-17-27(30-19-20-4-2-1-3-5-20)33(31-26)24-10-8-23(9-11-24)32-12-14-35(34)15-13-32/h6-11,16-17,20,30H,1-5,12-15,19H2. The second-order valence-electron chi connectivity index (χ2n) is 9.37. The molecule has 1 N–H and O–H groups in total. The minimum Gasteiger partial charge on any atom is -0.370 e. The summed E-state index contributed by atoms with van der Waals surface area (Å²) in [7, 11) is -0.705. The Bertz CT molecular complexity index is 1230. The van der Waals surface area contributed by atoms with Crippen LogP contribution in [0.15, 0.2) is 48.5 Å². The van der Waals surface area contributed by atoms with Gasteiger partial charge in [0.25, 0.3) is 0 Å². The highest BCUT2D eigenvalue weighted by molar-refractivity contribution is 7.85. The van der Waals surface area contributed by atoms with Gasteiger partial charge < -0.3 is 10.2 Å². The van der Waals surface area contributed by atoms with E-state index in [1.54, 1.807) is 6.07 Å². The Hall–Kier alpha value is -3.18. The number of aromatic nitrogens is 2. The molecule has 8 heteroatoms. The van der Waals surface area contributed by atoms with Gasteiger partial charge in [-0.3, -0.25) is 4.21 Å². The van der Waals surface area contributed by atoms with Crippen LogP contribution in [0.1, 0.15) is 37.7 Å². The fraction of sp³-hybridized carbons (Fsp3) is 0.407. The van der Waals surface area contributed by atoms with E-state index in [-0.39, 0.29) is 5.56 Å². The van der Waals surface area contributed by atoms with Gasteiger partial charge in [-0.05, 0) is 55.2 Å². The highest BCUT2D eigenvalue weighted by Gasteiger charge is 2.18. The maximum absolute atomic E-state index is 14.3. The van der Waals surface area contributed by atoms with Crippen molar-refractivity contribution in [3.63, 3.8) is 0 Å². The Kier molecular flexibility index (Phi) is 7.14. The summed E-state index contributed by atoms with van der Waals surface area (Å²) in [4.78, 5) is 2.27. The van der Waals surface area contributed by atoms with Crippen LogP contribution in [-0.2, 0) is 10.8 Å². The maximum atomic E-state index is 14.3. The summed E-state index contributed by atoms with van der Waals surface area (Å²) in [6.45, 7) is 2.49. The van der Waals surface area contributed by atoms with Crippen molar-refractivity contribution >= 4 is 22.3 Å². The van der Waals surface area contributed by atoms with Crippen LogP contribution in [0, 0.1) is 23.1 Å². The molecular weight excluding hydrogens is 461 g/mol. The van der Waals surface area contributed by atoms with E-state index in [1.165, 1.54) is 44.2 Å². The van der Waals surface area contributed by atoms with E-state index in [2.05, 4.69) is 22.3 Å². The van der Waals surface area contributed by atoms with Crippen LogP contribution >= 0.6 is 0 Å². The minimum atomic E-state index is -0.705. The van der Waals surface area contributed by atoms with Crippen LogP contribution in [0.5, 0.6) is 0 Å². The van der Waals surface area contributed by atoms with Crippen molar-refractivity contribution in [2.24, 2.45) is 5.92 Å². The highest BCUT2D eigenvalue weighted by Crippen LogP contribution is 2.29. The molecule has 0 atom stereocenters. The molecule has 2 aromatic carbocycles. The Labute approximate surface area is 208 Å². The Balaban J connectivity index is 1.43. The van der Waals surface area contributed by atoms with Crippen LogP contribution in [0.4, 0.5) is 15.9 Å². The molecule has 1 aliphatic carbocycles. The zero-order valence-electron chi connectivity index (χ0n) is 19.8. The lowest BCUT2D eigenvalue weighted by Crippen LogP contribution is -2.37. The summed E-state index contributed by atoms with van der Waals surface area (Å²) in [5.74, 6) is 2.40. The van der Waals surface area contributed by atoms with E-state index in [0.29, 0.717) is 28.7 Å². The minimum absolute atomic E-state index is 0.0287. The number of halogens is 1. The molecule has 0 amide bonds. The molecule has 1 aromatic heterocycles. The smallest absolute Gasteiger partial charge is 0.141 e. The number of nitrogens with one attached hydrogen (secondary N) is 1. The first kappa shape index (κ1) is 23.6. The zero-order chi connectivity index (χ0) is 24.2. The van der Waals surface area contributed by atoms with Gasteiger partial charge >= 0.3 is 0 Å². The first-order valence-electron chi connectivity index (χ1n) is 12.3. The van der Waals surface area contributed by atoms with Crippen molar-refractivity contribution in [3.05, 3.63) is 59.9 Å². The molecule has 2 fully saturated rings. The molecule has 0 radical (unpaired) electrons. The Morgan fingerprint density at radius 1 is 1.03 bits per heavy atom. The SMILES string of the molecule is N#Cc1ccc(-c2cc(NCC3CCCCC3)n(-c3ccc(N4CCS(=O)CC4)cc3)n2)cc1F. The summed E-state index contributed by atoms with van der Waals surface area (Å²) in [5, 5.41) is 17.5. The second kappa shape index (κ2) is 10.6. The Morgan fingerprint density at radius 3 is 2.43 bits per heavy atom. The molecule has 0 bridgehead atoms. The van der Waals surface area contributed by atoms with Crippen molar-refractivity contribution in [3.8, 4) is 23.0 Å². The van der Waals surface area contributed by atoms with E-state index in [4.69, 9.17) is 10.4 Å². The fourth-order valence-corrected chi connectivity index (χ4v) is 6.00. The molecule has 0 spiro atoms. The monoisotopic (exact) mass is 491 g/mol. The third-order valence-electron chi connectivity index (χ3n) is 7.03. The van der Waals surface area contributed by atoms with Gasteiger partial charge in [-0.25, -0.2) is 9.07 Å². The number of anilines is 2. The quantitative estimate of drug-likeness (QED) is 0.519. The molecule has 1 saturated carbocycles. The van der Waals surface area contributed by atoms with Crippen LogP contribution in [-0.4, -0.2) is 45.1 Å². The molecule has 5 rings (SSSR count). The van der Waals surface area contributed by atoms with Gasteiger partial charge in [0.1, 0.15) is 17.7 Å². The third kappa shape index (κ3) is 5.40. The van der Waals surface area contributed by atoms with Crippen molar-refractivity contribution in [1.29, 1.82) is 5.26 Å². The van der Waals surface area contributed by atoms with E-state index in [9.17, 15) is 8.60 Å². The lowest BCUT2D eigenvalue weighted by molar-refractivity contribution is 0.373. The van der Waals surface area contributed by atoms with Crippen LogP contribution in [0.2, 0.25) is 0 Å². The normalized spacial score (nSPS) is 17.3. The predicted octanol–water partition coefficient (Wildman–Crippen LogP) is 5.11. The van der Waals surface area contributed by atoms with Gasteiger partial charge in [0.15, 0.2) is 0 Å². The van der Waals surface area contributed by atoms with Crippen LogP contribution < -0.4 is 10.2 Å². The lowest BCUT2D eigenvalue weighted by atomic mass is 9.89. The van der Waals surface area contributed by atoms with Gasteiger partial charge in [0.2, 0.25) is 0 Å². The average molecular weight is 492 g/mol. The number of rotatable bonds is 6. The van der Waals surface area contributed by atoms with Crippen molar-refractivity contribution in [1.82, 2.24) is 9.78 Å². The van der Waals surface area contributed by atoms with Gasteiger partial charge in [-0.2, -0.15) is 10.4 Å². The van der Waals surface area contributed by atoms with Crippen molar-refractivity contribution in [2.75, 3.05) is 41.4 Å². The molecule has 2 aliphatic rings. The molecular formula is C27H30FN5OS. The molecule has 3 aromatic rings. The van der Waals surface area contributed by atoms with Crippen LogP contribution in [0.3, 0.4) is 0 Å². The topological polar surface area (TPSA) is 74.0 Å². The van der Waals surface area contributed by atoms with E-state index in [0.717, 1.165) is 36.8 Å². The molecule has 2 heterocycles. The van der Waals surface area contributed by atoms with Crippen LogP contribution in [0.25, 0.3) is 16.9 Å². The van der Waals surface area contributed by atoms with Gasteiger partial charge in [-0.15, -0.1) is 0 Å². The van der Waals surface area contributed by atoms with Gasteiger partial charge in [0, 0.05) is 59.3 Å². The third-order valence-corrected chi connectivity index (χ3v) is 8.30. The zero-order valence-corrected chi connectivity index (χ0v) is 20.6. The summed E-state index contributed by atoms with van der Waals surface area (Å²) < 4.78 is 27.9. The summed E-state index contributed by atoms with van der Waals surface area (Å²) in [5.41, 5.74) is 3.35. The van der Waals surface area contributed by atoms with Crippen molar-refractivity contribution < 1.29 is 8.60 Å². The molecule has 6 nitrogen and oxygen atoms in total.